The van der Waals surface area contributed by atoms with Crippen LogP contribution in [-0.2, 0) is 26.3 Å². The Morgan fingerprint density at radius 1 is 1.09 bits per heavy atom. The molecular weight excluding hydrogens is 475 g/mol. The summed E-state index contributed by atoms with van der Waals surface area (Å²) in [6.07, 6.45) is 0.715. The second-order valence-electron chi connectivity index (χ2n) is 8.08. The summed E-state index contributed by atoms with van der Waals surface area (Å²) < 4.78 is 47.5. The zero-order valence-corrected chi connectivity index (χ0v) is 21.5. The van der Waals surface area contributed by atoms with Crippen molar-refractivity contribution in [3.63, 3.8) is 0 Å². The molecule has 0 saturated carbocycles. The molecule has 0 bridgehead atoms. The average Bonchev–Trinajstić information content (AvgIpc) is 2.84. The Morgan fingerprint density at radius 2 is 1.71 bits per heavy atom. The molecule has 35 heavy (non-hydrogen) atoms. The number of nitrogens with zero attached hydrogens (tertiary/aromatic N) is 3. The van der Waals surface area contributed by atoms with E-state index < -0.39 is 34.5 Å². The molecule has 0 aliphatic heterocycles. The SMILES string of the molecule is CCCNC(=O)[C@@H](C)N(Cc1ccc(OC)cc1)C(=O)CN(c1ccccc1F)S(=O)(=O)N(C)C. The number of hydrogen-bond donors (Lipinski definition) is 1. The summed E-state index contributed by atoms with van der Waals surface area (Å²) in [7, 11) is -0.0974. The van der Waals surface area contributed by atoms with Crippen molar-refractivity contribution in [2.24, 2.45) is 0 Å². The van der Waals surface area contributed by atoms with Crippen molar-refractivity contribution >= 4 is 27.7 Å². The normalized spacial score (nSPS) is 12.2. The van der Waals surface area contributed by atoms with Gasteiger partial charge in [-0.2, -0.15) is 12.7 Å². The summed E-state index contributed by atoms with van der Waals surface area (Å²) in [4.78, 5) is 27.5. The van der Waals surface area contributed by atoms with E-state index in [4.69, 9.17) is 4.74 Å². The molecule has 0 heterocycles. The first-order valence-electron chi connectivity index (χ1n) is 11.2. The van der Waals surface area contributed by atoms with Crippen molar-refractivity contribution in [1.29, 1.82) is 0 Å². The molecule has 0 radical (unpaired) electrons. The van der Waals surface area contributed by atoms with Crippen LogP contribution in [0.5, 0.6) is 5.75 Å². The molecule has 2 aromatic rings. The monoisotopic (exact) mass is 508 g/mol. The molecule has 0 aliphatic carbocycles. The number of rotatable bonds is 12. The summed E-state index contributed by atoms with van der Waals surface area (Å²) in [6, 6.07) is 11.4. The highest BCUT2D eigenvalue weighted by Gasteiger charge is 2.33. The lowest BCUT2D eigenvalue weighted by molar-refractivity contribution is -0.139. The van der Waals surface area contributed by atoms with Crippen LogP contribution in [0.1, 0.15) is 25.8 Å². The molecule has 2 rings (SSSR count). The molecule has 2 amide bonds. The quantitative estimate of drug-likeness (QED) is 0.475. The topological polar surface area (TPSA) is 99.3 Å². The molecule has 1 atom stereocenters. The highest BCUT2D eigenvalue weighted by atomic mass is 32.2. The lowest BCUT2D eigenvalue weighted by Crippen LogP contribution is -2.52. The van der Waals surface area contributed by atoms with Crippen LogP contribution in [0.3, 0.4) is 0 Å². The summed E-state index contributed by atoms with van der Waals surface area (Å²) in [6.45, 7) is 3.26. The molecule has 0 spiro atoms. The fraction of sp³-hybridized carbons (Fsp3) is 0.417. The van der Waals surface area contributed by atoms with Gasteiger partial charge in [0, 0.05) is 27.2 Å². The Labute approximate surface area is 206 Å². The summed E-state index contributed by atoms with van der Waals surface area (Å²) >= 11 is 0. The standard InChI is InChI=1S/C24H33FN4O5S/c1-6-15-26-24(31)18(2)28(16-19-11-13-20(34-5)14-12-19)23(30)17-29(35(32,33)27(3)4)22-10-8-7-9-21(22)25/h7-14,18H,6,15-17H2,1-5H3,(H,26,31)/t18-/m1/s1. The van der Waals surface area contributed by atoms with Gasteiger partial charge < -0.3 is 15.0 Å². The van der Waals surface area contributed by atoms with Gasteiger partial charge in [-0.25, -0.2) is 8.70 Å². The van der Waals surface area contributed by atoms with Crippen LogP contribution in [0, 0.1) is 5.82 Å². The van der Waals surface area contributed by atoms with Gasteiger partial charge in [0.1, 0.15) is 24.2 Å². The number of methoxy groups -OCH3 is 1. The van der Waals surface area contributed by atoms with Crippen LogP contribution in [0.4, 0.5) is 10.1 Å². The van der Waals surface area contributed by atoms with Crippen LogP contribution < -0.4 is 14.4 Å². The van der Waals surface area contributed by atoms with Crippen molar-refractivity contribution in [1.82, 2.24) is 14.5 Å². The minimum absolute atomic E-state index is 0.0384. The van der Waals surface area contributed by atoms with Crippen LogP contribution in [0.15, 0.2) is 48.5 Å². The summed E-state index contributed by atoms with van der Waals surface area (Å²) in [5, 5.41) is 2.76. The lowest BCUT2D eigenvalue weighted by Gasteiger charge is -2.33. The van der Waals surface area contributed by atoms with Gasteiger partial charge >= 0.3 is 10.2 Å². The molecule has 1 N–H and O–H groups in total. The number of hydrogen-bond acceptors (Lipinski definition) is 5. The first kappa shape index (κ1) is 28.1. The van der Waals surface area contributed by atoms with E-state index in [0.717, 1.165) is 10.4 Å². The fourth-order valence-electron chi connectivity index (χ4n) is 3.26. The number of anilines is 1. The summed E-state index contributed by atoms with van der Waals surface area (Å²) in [5.74, 6) is -1.19. The van der Waals surface area contributed by atoms with E-state index in [0.29, 0.717) is 28.6 Å². The largest absolute Gasteiger partial charge is 0.497 e. The number of para-hydroxylation sites is 1. The molecule has 11 heteroatoms. The number of halogens is 1. The number of benzene rings is 2. The van der Waals surface area contributed by atoms with Crippen LogP contribution >= 0.6 is 0 Å². The van der Waals surface area contributed by atoms with Gasteiger partial charge in [0.2, 0.25) is 11.8 Å². The number of carbonyl (C=O) groups is 2. The third kappa shape index (κ3) is 7.15. The van der Waals surface area contributed by atoms with Gasteiger partial charge in [0.25, 0.3) is 0 Å². The minimum Gasteiger partial charge on any atom is -0.497 e. The van der Waals surface area contributed by atoms with E-state index in [2.05, 4.69) is 5.32 Å². The maximum absolute atomic E-state index is 14.6. The molecule has 9 nitrogen and oxygen atoms in total. The van der Waals surface area contributed by atoms with Crippen LogP contribution in [0.25, 0.3) is 0 Å². The molecule has 0 saturated heterocycles. The van der Waals surface area contributed by atoms with Gasteiger partial charge in [-0.3, -0.25) is 9.59 Å². The zero-order chi connectivity index (χ0) is 26.2. The van der Waals surface area contributed by atoms with Crippen molar-refractivity contribution < 1.29 is 27.1 Å². The smallest absolute Gasteiger partial charge is 0.304 e. The maximum atomic E-state index is 14.6. The maximum Gasteiger partial charge on any atom is 0.304 e. The van der Waals surface area contributed by atoms with Crippen LogP contribution in [0.2, 0.25) is 0 Å². The number of nitrogens with one attached hydrogen (secondary N) is 1. The second kappa shape index (κ2) is 12.5. The first-order valence-corrected chi connectivity index (χ1v) is 12.6. The van der Waals surface area contributed by atoms with E-state index in [1.54, 1.807) is 31.2 Å². The Morgan fingerprint density at radius 3 is 2.26 bits per heavy atom. The predicted molar refractivity (Wildman–Crippen MR) is 133 cm³/mol. The Bertz CT molecular complexity index is 1110. The molecule has 0 fully saturated rings. The molecule has 0 aromatic heterocycles. The predicted octanol–water partition coefficient (Wildman–Crippen LogP) is 2.39. The van der Waals surface area contributed by atoms with Crippen LogP contribution in [-0.4, -0.2) is 69.8 Å². The highest BCUT2D eigenvalue weighted by molar-refractivity contribution is 7.90. The Balaban J connectivity index is 2.44. The third-order valence-corrected chi connectivity index (χ3v) is 7.17. The average molecular weight is 509 g/mol. The Hall–Kier alpha value is -3.18. The molecule has 2 aromatic carbocycles. The second-order valence-corrected chi connectivity index (χ2v) is 10.2. The lowest BCUT2D eigenvalue weighted by atomic mass is 10.1. The minimum atomic E-state index is -4.22. The fourth-order valence-corrected chi connectivity index (χ4v) is 4.33. The van der Waals surface area contributed by atoms with Gasteiger partial charge in [0.05, 0.1) is 12.8 Å². The Kier molecular flexibility index (Phi) is 10.0. The van der Waals surface area contributed by atoms with Gasteiger partial charge in [-0.1, -0.05) is 31.2 Å². The highest BCUT2D eigenvalue weighted by Crippen LogP contribution is 2.24. The van der Waals surface area contributed by atoms with Crippen molar-refractivity contribution in [2.75, 3.05) is 38.6 Å². The van der Waals surface area contributed by atoms with E-state index >= 15 is 0 Å². The number of amides is 2. The first-order chi connectivity index (χ1) is 16.5. The molecule has 0 unspecified atom stereocenters. The van der Waals surface area contributed by atoms with Gasteiger partial charge in [-0.15, -0.1) is 0 Å². The van der Waals surface area contributed by atoms with Gasteiger partial charge in [0.15, 0.2) is 0 Å². The van der Waals surface area contributed by atoms with Crippen molar-refractivity contribution in [3.05, 3.63) is 59.9 Å². The third-order valence-electron chi connectivity index (χ3n) is 5.37. The zero-order valence-electron chi connectivity index (χ0n) is 20.7. The van der Waals surface area contributed by atoms with E-state index in [9.17, 15) is 22.4 Å². The van der Waals surface area contributed by atoms with Crippen molar-refractivity contribution in [3.8, 4) is 5.75 Å². The van der Waals surface area contributed by atoms with E-state index in [1.165, 1.54) is 44.3 Å². The molecule has 0 aliphatic rings. The molecule has 192 valence electrons. The van der Waals surface area contributed by atoms with Gasteiger partial charge in [-0.05, 0) is 43.2 Å². The summed E-state index contributed by atoms with van der Waals surface area (Å²) in [5.41, 5.74) is 0.448. The van der Waals surface area contributed by atoms with E-state index in [1.807, 2.05) is 6.92 Å². The number of ether oxygens (including phenoxy) is 1. The van der Waals surface area contributed by atoms with Crippen molar-refractivity contribution in [2.45, 2.75) is 32.9 Å². The molecular formula is C24H33FN4O5S. The number of carbonyl (C=O) groups excluding carboxylic acids is 2. The van der Waals surface area contributed by atoms with E-state index in [-0.39, 0.29) is 18.1 Å².